The van der Waals surface area contributed by atoms with Gasteiger partial charge in [0.05, 0.1) is 5.92 Å². The summed E-state index contributed by atoms with van der Waals surface area (Å²) in [5, 5.41) is 5.37. The van der Waals surface area contributed by atoms with E-state index in [2.05, 4.69) is 33.6 Å². The Balaban J connectivity index is 1.40. The van der Waals surface area contributed by atoms with Crippen molar-refractivity contribution in [2.24, 2.45) is 11.3 Å². The zero-order chi connectivity index (χ0) is 19.4. The van der Waals surface area contributed by atoms with E-state index in [9.17, 15) is 4.79 Å². The number of ether oxygens (including phenoxy) is 1. The van der Waals surface area contributed by atoms with E-state index in [0.29, 0.717) is 6.54 Å². The number of aromatic nitrogens is 1. The van der Waals surface area contributed by atoms with Crippen LogP contribution in [0.2, 0.25) is 0 Å². The van der Waals surface area contributed by atoms with Gasteiger partial charge in [0, 0.05) is 62.1 Å². The smallest absolute Gasteiger partial charge is 0.225 e. The van der Waals surface area contributed by atoms with Gasteiger partial charge in [0.25, 0.3) is 0 Å². The Labute approximate surface area is 171 Å². The number of rotatable bonds is 6. The Kier molecular flexibility index (Phi) is 6.09. The molecule has 5 nitrogen and oxygen atoms in total. The first kappa shape index (κ1) is 19.6. The Morgan fingerprint density at radius 2 is 2.11 bits per heavy atom. The summed E-state index contributed by atoms with van der Waals surface area (Å²) in [5.74, 6) is 0.260. The maximum absolute atomic E-state index is 13.1. The van der Waals surface area contributed by atoms with Crippen molar-refractivity contribution in [3.05, 3.63) is 52.0 Å². The molecular formula is C22H29N3O2S. The van der Waals surface area contributed by atoms with Gasteiger partial charge >= 0.3 is 0 Å². The highest BCUT2D eigenvalue weighted by Crippen LogP contribution is 2.45. The molecule has 4 heterocycles. The quantitative estimate of drug-likeness (QED) is 0.811. The molecule has 2 saturated heterocycles. The normalized spacial score (nSPS) is 21.8. The molecule has 0 saturated carbocycles. The average molecular weight is 400 g/mol. The number of aryl methyl sites for hydroxylation is 1. The number of amides is 1. The summed E-state index contributed by atoms with van der Waals surface area (Å²) in [6.07, 6.45) is 6.41. The van der Waals surface area contributed by atoms with E-state index in [1.54, 1.807) is 12.4 Å². The summed E-state index contributed by atoms with van der Waals surface area (Å²) in [5.41, 5.74) is 2.62. The van der Waals surface area contributed by atoms with Crippen molar-refractivity contribution >= 4 is 17.2 Å². The topological polar surface area (TPSA) is 54.5 Å². The number of thiophene rings is 1. The predicted molar refractivity (Wildman–Crippen MR) is 111 cm³/mol. The lowest BCUT2D eigenvalue weighted by Gasteiger charge is -2.37. The number of nitrogens with zero attached hydrogens (tertiary/aromatic N) is 2. The first-order chi connectivity index (χ1) is 13.7. The molecule has 0 radical (unpaired) electrons. The summed E-state index contributed by atoms with van der Waals surface area (Å²) in [4.78, 5) is 21.1. The van der Waals surface area contributed by atoms with Crippen LogP contribution >= 0.6 is 11.3 Å². The molecule has 0 aliphatic carbocycles. The van der Waals surface area contributed by atoms with Crippen molar-refractivity contribution in [3.8, 4) is 0 Å². The molecule has 2 aliphatic rings. The van der Waals surface area contributed by atoms with Crippen LogP contribution in [0.25, 0.3) is 0 Å². The monoisotopic (exact) mass is 399 g/mol. The van der Waals surface area contributed by atoms with Crippen LogP contribution in [0.4, 0.5) is 0 Å². The van der Waals surface area contributed by atoms with Gasteiger partial charge < -0.3 is 10.1 Å². The largest absolute Gasteiger partial charge is 0.381 e. The van der Waals surface area contributed by atoms with Gasteiger partial charge in [-0.15, -0.1) is 11.3 Å². The van der Waals surface area contributed by atoms with E-state index >= 15 is 0 Å². The molecule has 2 aromatic rings. The zero-order valence-corrected chi connectivity index (χ0v) is 17.3. The second-order valence-corrected chi connectivity index (χ2v) is 9.12. The van der Waals surface area contributed by atoms with E-state index < -0.39 is 0 Å². The Morgan fingerprint density at radius 3 is 2.82 bits per heavy atom. The average Bonchev–Trinajstić information content (AvgIpc) is 3.27. The van der Waals surface area contributed by atoms with E-state index in [-0.39, 0.29) is 17.2 Å². The van der Waals surface area contributed by atoms with Crippen LogP contribution in [-0.4, -0.2) is 48.6 Å². The van der Waals surface area contributed by atoms with E-state index in [1.165, 1.54) is 16.0 Å². The lowest BCUT2D eigenvalue weighted by atomic mass is 9.71. The van der Waals surface area contributed by atoms with Crippen molar-refractivity contribution in [3.63, 3.8) is 0 Å². The molecule has 0 bridgehead atoms. The van der Waals surface area contributed by atoms with Gasteiger partial charge in [-0.25, -0.2) is 0 Å². The molecule has 4 rings (SSSR count). The van der Waals surface area contributed by atoms with Crippen LogP contribution in [0, 0.1) is 18.3 Å². The molecule has 150 valence electrons. The SMILES string of the molecule is Cc1ccsc1CN1CC(C(=O)NCCc2ccncc2)C2(CCOCC2)C1. The van der Waals surface area contributed by atoms with Crippen LogP contribution in [0.5, 0.6) is 0 Å². The fourth-order valence-corrected chi connectivity index (χ4v) is 5.56. The molecule has 2 fully saturated rings. The first-order valence-electron chi connectivity index (χ1n) is 10.2. The predicted octanol–water partition coefficient (Wildman–Crippen LogP) is 3.04. The van der Waals surface area contributed by atoms with E-state index in [4.69, 9.17) is 4.74 Å². The van der Waals surface area contributed by atoms with Crippen LogP contribution in [-0.2, 0) is 22.5 Å². The highest BCUT2D eigenvalue weighted by molar-refractivity contribution is 7.10. The van der Waals surface area contributed by atoms with Gasteiger partial charge in [-0.3, -0.25) is 14.7 Å². The molecule has 1 spiro atoms. The second-order valence-electron chi connectivity index (χ2n) is 8.12. The zero-order valence-electron chi connectivity index (χ0n) is 16.5. The van der Waals surface area contributed by atoms with Crippen LogP contribution < -0.4 is 5.32 Å². The second kappa shape index (κ2) is 8.72. The maximum atomic E-state index is 13.1. The molecule has 1 atom stereocenters. The van der Waals surface area contributed by atoms with Gasteiger partial charge in [-0.1, -0.05) is 0 Å². The Morgan fingerprint density at radius 1 is 1.32 bits per heavy atom. The van der Waals surface area contributed by atoms with E-state index in [0.717, 1.165) is 52.1 Å². The minimum Gasteiger partial charge on any atom is -0.381 e. The van der Waals surface area contributed by atoms with Crippen LogP contribution in [0.3, 0.4) is 0 Å². The highest BCUT2D eigenvalue weighted by atomic mass is 32.1. The summed E-state index contributed by atoms with van der Waals surface area (Å²) in [6.45, 7) is 7.19. The fraction of sp³-hybridized carbons (Fsp3) is 0.545. The van der Waals surface area contributed by atoms with Crippen molar-refractivity contribution < 1.29 is 9.53 Å². The van der Waals surface area contributed by atoms with Crippen molar-refractivity contribution in [1.82, 2.24) is 15.2 Å². The molecule has 1 unspecified atom stereocenters. The minimum atomic E-state index is 0.0501. The van der Waals surface area contributed by atoms with Gasteiger partial charge in [0.2, 0.25) is 5.91 Å². The summed E-state index contributed by atoms with van der Waals surface area (Å²) >= 11 is 1.82. The van der Waals surface area contributed by atoms with Crippen LogP contribution in [0.15, 0.2) is 36.0 Å². The summed E-state index contributed by atoms with van der Waals surface area (Å²) in [7, 11) is 0. The number of nitrogens with one attached hydrogen (secondary N) is 1. The number of pyridine rings is 1. The third-order valence-corrected chi connectivity index (χ3v) is 7.33. The molecule has 2 aromatic heterocycles. The van der Waals surface area contributed by atoms with Crippen molar-refractivity contribution in [2.75, 3.05) is 32.8 Å². The number of hydrogen-bond donors (Lipinski definition) is 1. The fourth-order valence-electron chi connectivity index (χ4n) is 4.61. The molecule has 28 heavy (non-hydrogen) atoms. The lowest BCUT2D eigenvalue weighted by Crippen LogP contribution is -2.44. The third kappa shape index (κ3) is 4.29. The molecule has 1 N–H and O–H groups in total. The van der Waals surface area contributed by atoms with E-state index in [1.807, 2.05) is 23.5 Å². The third-order valence-electron chi connectivity index (χ3n) is 6.32. The number of hydrogen-bond acceptors (Lipinski definition) is 5. The molecule has 2 aliphatic heterocycles. The number of carbonyl (C=O) groups is 1. The van der Waals surface area contributed by atoms with Gasteiger partial charge in [0.1, 0.15) is 0 Å². The minimum absolute atomic E-state index is 0.0501. The summed E-state index contributed by atoms with van der Waals surface area (Å²) < 4.78 is 5.63. The molecule has 0 aromatic carbocycles. The summed E-state index contributed by atoms with van der Waals surface area (Å²) in [6, 6.07) is 6.20. The Bertz CT molecular complexity index is 786. The number of carbonyl (C=O) groups excluding carboxylic acids is 1. The van der Waals surface area contributed by atoms with Gasteiger partial charge in [0.15, 0.2) is 0 Å². The highest BCUT2D eigenvalue weighted by Gasteiger charge is 2.50. The van der Waals surface area contributed by atoms with Crippen molar-refractivity contribution in [2.45, 2.75) is 32.7 Å². The molecule has 1 amide bonds. The van der Waals surface area contributed by atoms with Crippen LogP contribution in [0.1, 0.15) is 28.8 Å². The molecule has 6 heteroatoms. The Hall–Kier alpha value is -1.76. The maximum Gasteiger partial charge on any atom is 0.225 e. The molecular weight excluding hydrogens is 370 g/mol. The standard InChI is InChI=1S/C22H29N3O2S/c1-17-5-13-28-20(17)15-25-14-19(22(16-25)6-11-27-12-7-22)21(26)24-10-4-18-2-8-23-9-3-18/h2-3,5,8-9,13,19H,4,6-7,10-12,14-16H2,1H3,(H,24,26). The first-order valence-corrected chi connectivity index (χ1v) is 11.0. The lowest BCUT2D eigenvalue weighted by molar-refractivity contribution is -0.129. The number of likely N-dealkylation sites (tertiary alicyclic amines) is 1. The van der Waals surface area contributed by atoms with Gasteiger partial charge in [-0.05, 0) is 60.9 Å². The van der Waals surface area contributed by atoms with Gasteiger partial charge in [-0.2, -0.15) is 0 Å². The van der Waals surface area contributed by atoms with Crippen molar-refractivity contribution in [1.29, 1.82) is 0 Å².